The molecule has 0 aliphatic carbocycles. The van der Waals surface area contributed by atoms with Gasteiger partial charge in [-0.1, -0.05) is 6.92 Å². The molecule has 2 heterocycles. The maximum Gasteiger partial charge on any atom is 0.311 e. The Balaban J connectivity index is 2.28. The van der Waals surface area contributed by atoms with Crippen LogP contribution in [0.25, 0.3) is 0 Å². The summed E-state index contributed by atoms with van der Waals surface area (Å²) in [5, 5.41) is 10.8. The fraction of sp³-hybridized carbons (Fsp3) is 0.615. The molecule has 1 unspecified atom stereocenters. The van der Waals surface area contributed by atoms with Crippen LogP contribution in [0.5, 0.6) is 0 Å². The van der Waals surface area contributed by atoms with Crippen molar-refractivity contribution >= 4 is 17.3 Å². The Bertz CT molecular complexity index is 494. The molecular weight excluding hydrogens is 258 g/mol. The molecule has 1 aromatic rings. The molecule has 1 aliphatic rings. The summed E-state index contributed by atoms with van der Waals surface area (Å²) in [6.45, 7) is 5.06. The molecule has 2 rings (SSSR count). The molecule has 0 radical (unpaired) electrons. The van der Waals surface area contributed by atoms with Gasteiger partial charge in [0.1, 0.15) is 5.82 Å². The number of anilines is 2. The third-order valence-electron chi connectivity index (χ3n) is 3.75. The summed E-state index contributed by atoms with van der Waals surface area (Å²) in [6.07, 6.45) is 2.05. The molecular formula is C13H21N5O2. The summed E-state index contributed by atoms with van der Waals surface area (Å²) in [4.78, 5) is 19.0. The number of rotatable bonds is 3. The quantitative estimate of drug-likeness (QED) is 0.666. The highest BCUT2D eigenvalue weighted by Crippen LogP contribution is 2.26. The average Bonchev–Trinajstić information content (AvgIpc) is 2.59. The lowest BCUT2D eigenvalue weighted by Gasteiger charge is -2.31. The predicted molar refractivity (Wildman–Crippen MR) is 78.8 cm³/mol. The molecule has 1 aromatic heterocycles. The summed E-state index contributed by atoms with van der Waals surface area (Å²) in [6, 6.07) is 3.50. The molecule has 7 heteroatoms. The van der Waals surface area contributed by atoms with Crippen LogP contribution < -0.4 is 10.6 Å². The third kappa shape index (κ3) is 2.98. The molecule has 0 saturated carbocycles. The van der Waals surface area contributed by atoms with Crippen molar-refractivity contribution in [2.45, 2.75) is 25.8 Å². The number of likely N-dealkylation sites (N-methyl/N-ethyl adjacent to an activating group) is 1. The second-order valence-corrected chi connectivity index (χ2v) is 5.20. The van der Waals surface area contributed by atoms with Gasteiger partial charge in [0, 0.05) is 25.2 Å². The van der Waals surface area contributed by atoms with Crippen molar-refractivity contribution in [1.29, 1.82) is 0 Å². The molecule has 2 N–H and O–H groups in total. The normalized spacial score (nSPS) is 20.7. The Labute approximate surface area is 118 Å². The van der Waals surface area contributed by atoms with Crippen molar-refractivity contribution in [1.82, 2.24) is 9.88 Å². The lowest BCUT2D eigenvalue weighted by molar-refractivity contribution is -0.384. The summed E-state index contributed by atoms with van der Waals surface area (Å²) in [5.41, 5.74) is 5.56. The van der Waals surface area contributed by atoms with Crippen LogP contribution >= 0.6 is 0 Å². The van der Waals surface area contributed by atoms with E-state index in [4.69, 9.17) is 5.73 Å². The van der Waals surface area contributed by atoms with Crippen molar-refractivity contribution in [3.8, 4) is 0 Å². The van der Waals surface area contributed by atoms with Crippen LogP contribution in [0.3, 0.4) is 0 Å². The Morgan fingerprint density at radius 3 is 2.85 bits per heavy atom. The molecule has 1 aliphatic heterocycles. The van der Waals surface area contributed by atoms with Crippen LogP contribution in [-0.4, -0.2) is 47.5 Å². The second-order valence-electron chi connectivity index (χ2n) is 5.20. The zero-order valence-electron chi connectivity index (χ0n) is 12.0. The van der Waals surface area contributed by atoms with Crippen LogP contribution in [0, 0.1) is 10.1 Å². The monoisotopic (exact) mass is 279 g/mol. The standard InChI is InChI=1S/C13H21N5O2/c1-3-10-9-16(2)7-4-8-17(10)12-6-5-11(18(19)20)13(14)15-12/h5-6,10H,3-4,7-9H2,1-2H3,(H2,14,15). The fourth-order valence-corrected chi connectivity index (χ4v) is 2.67. The van der Waals surface area contributed by atoms with Gasteiger partial charge in [-0.25, -0.2) is 4.98 Å². The molecule has 0 amide bonds. The topological polar surface area (TPSA) is 88.5 Å². The first-order chi connectivity index (χ1) is 9.52. The zero-order chi connectivity index (χ0) is 14.7. The largest absolute Gasteiger partial charge is 0.378 e. The predicted octanol–water partition coefficient (Wildman–Crippen LogP) is 1.49. The molecule has 0 aromatic carbocycles. The van der Waals surface area contributed by atoms with E-state index in [2.05, 4.69) is 28.8 Å². The van der Waals surface area contributed by atoms with Gasteiger partial charge in [-0.15, -0.1) is 0 Å². The fourth-order valence-electron chi connectivity index (χ4n) is 2.67. The van der Waals surface area contributed by atoms with Crippen LogP contribution in [0.4, 0.5) is 17.3 Å². The zero-order valence-corrected chi connectivity index (χ0v) is 12.0. The Hall–Kier alpha value is -1.89. The van der Waals surface area contributed by atoms with Gasteiger partial charge in [-0.05, 0) is 32.5 Å². The minimum absolute atomic E-state index is 0.0139. The number of nitrogens with zero attached hydrogens (tertiary/aromatic N) is 4. The first kappa shape index (κ1) is 14.5. The van der Waals surface area contributed by atoms with E-state index in [0.29, 0.717) is 6.04 Å². The molecule has 1 fully saturated rings. The van der Waals surface area contributed by atoms with Crippen molar-refractivity contribution < 1.29 is 4.92 Å². The van der Waals surface area contributed by atoms with Crippen LogP contribution in [0.15, 0.2) is 12.1 Å². The van der Waals surface area contributed by atoms with Crippen LogP contribution in [0.2, 0.25) is 0 Å². The smallest absolute Gasteiger partial charge is 0.311 e. The maximum atomic E-state index is 10.8. The molecule has 20 heavy (non-hydrogen) atoms. The van der Waals surface area contributed by atoms with E-state index in [-0.39, 0.29) is 11.5 Å². The van der Waals surface area contributed by atoms with Crippen molar-refractivity contribution in [3.05, 3.63) is 22.2 Å². The van der Waals surface area contributed by atoms with Gasteiger partial charge in [0.05, 0.1) is 4.92 Å². The molecule has 110 valence electrons. The van der Waals surface area contributed by atoms with Gasteiger partial charge >= 0.3 is 5.69 Å². The van der Waals surface area contributed by atoms with Crippen molar-refractivity contribution in [3.63, 3.8) is 0 Å². The number of nitrogen functional groups attached to an aromatic ring is 1. The number of aromatic nitrogens is 1. The molecule has 0 spiro atoms. The van der Waals surface area contributed by atoms with Crippen molar-refractivity contribution in [2.75, 3.05) is 37.3 Å². The highest BCUT2D eigenvalue weighted by molar-refractivity contribution is 5.58. The van der Waals surface area contributed by atoms with Gasteiger partial charge in [0.25, 0.3) is 0 Å². The highest BCUT2D eigenvalue weighted by Gasteiger charge is 2.24. The highest BCUT2D eigenvalue weighted by atomic mass is 16.6. The number of nitro groups is 1. The number of hydrogen-bond acceptors (Lipinski definition) is 6. The van der Waals surface area contributed by atoms with E-state index in [1.165, 1.54) is 6.07 Å². The van der Waals surface area contributed by atoms with Crippen LogP contribution in [0.1, 0.15) is 19.8 Å². The minimum atomic E-state index is -0.500. The molecule has 1 atom stereocenters. The summed E-state index contributed by atoms with van der Waals surface area (Å²) < 4.78 is 0. The Kier molecular flexibility index (Phi) is 4.39. The first-order valence-corrected chi connectivity index (χ1v) is 6.89. The van der Waals surface area contributed by atoms with Gasteiger partial charge < -0.3 is 15.5 Å². The van der Waals surface area contributed by atoms with Gasteiger partial charge in [0.15, 0.2) is 0 Å². The minimum Gasteiger partial charge on any atom is -0.378 e. The number of hydrogen-bond donors (Lipinski definition) is 1. The van der Waals surface area contributed by atoms with Gasteiger partial charge in [0.2, 0.25) is 5.82 Å². The van der Waals surface area contributed by atoms with Gasteiger partial charge in [-0.2, -0.15) is 0 Å². The van der Waals surface area contributed by atoms with E-state index < -0.39 is 4.92 Å². The lowest BCUT2D eigenvalue weighted by atomic mass is 10.2. The van der Waals surface area contributed by atoms with E-state index >= 15 is 0 Å². The maximum absolute atomic E-state index is 10.8. The van der Waals surface area contributed by atoms with E-state index in [1.54, 1.807) is 6.07 Å². The SMILES string of the molecule is CCC1CN(C)CCCN1c1ccc([N+](=O)[O-])c(N)n1. The van der Waals surface area contributed by atoms with Gasteiger partial charge in [-0.3, -0.25) is 10.1 Å². The lowest BCUT2D eigenvalue weighted by Crippen LogP contribution is -2.40. The Morgan fingerprint density at radius 2 is 2.25 bits per heavy atom. The van der Waals surface area contributed by atoms with E-state index in [9.17, 15) is 10.1 Å². The van der Waals surface area contributed by atoms with E-state index in [0.717, 1.165) is 38.3 Å². The molecule has 0 bridgehead atoms. The van der Waals surface area contributed by atoms with Crippen LogP contribution in [-0.2, 0) is 0 Å². The number of pyridine rings is 1. The number of nitrogens with two attached hydrogens (primary N) is 1. The van der Waals surface area contributed by atoms with Crippen molar-refractivity contribution in [2.24, 2.45) is 0 Å². The molecule has 7 nitrogen and oxygen atoms in total. The Morgan fingerprint density at radius 1 is 1.50 bits per heavy atom. The third-order valence-corrected chi connectivity index (χ3v) is 3.75. The average molecular weight is 279 g/mol. The second kappa shape index (κ2) is 6.04. The van der Waals surface area contributed by atoms with E-state index in [1.807, 2.05) is 0 Å². The summed E-state index contributed by atoms with van der Waals surface area (Å²) in [5.74, 6) is 0.718. The molecule has 1 saturated heterocycles. The first-order valence-electron chi connectivity index (χ1n) is 6.89. The summed E-state index contributed by atoms with van der Waals surface area (Å²) in [7, 11) is 2.11. The summed E-state index contributed by atoms with van der Waals surface area (Å²) >= 11 is 0.